The normalized spacial score (nSPS) is 18.3. The Morgan fingerprint density at radius 2 is 1.87 bits per heavy atom. The van der Waals surface area contributed by atoms with Crippen LogP contribution < -0.4 is 0 Å². The first-order valence-corrected chi connectivity index (χ1v) is 10.3. The molecule has 122 valence electrons. The van der Waals surface area contributed by atoms with Gasteiger partial charge in [-0.05, 0) is 49.6 Å². The Bertz CT molecular complexity index is 822. The summed E-state index contributed by atoms with van der Waals surface area (Å²) in [6.45, 7) is 2.90. The molecule has 0 N–H and O–H groups in total. The van der Waals surface area contributed by atoms with Gasteiger partial charge in [-0.3, -0.25) is 4.79 Å². The number of nitrogens with zero attached hydrogens (tertiary/aromatic N) is 1. The summed E-state index contributed by atoms with van der Waals surface area (Å²) in [5.74, 6) is 0.0737. The van der Waals surface area contributed by atoms with Gasteiger partial charge in [0.25, 0.3) is 5.91 Å². The van der Waals surface area contributed by atoms with Crippen LogP contribution in [0.25, 0.3) is 10.4 Å². The second-order valence-corrected chi connectivity index (χ2v) is 9.28. The van der Waals surface area contributed by atoms with Crippen LogP contribution in [0.2, 0.25) is 0 Å². The Kier molecular flexibility index (Phi) is 4.29. The van der Waals surface area contributed by atoms with Crippen LogP contribution in [0.4, 0.5) is 0 Å². The highest BCUT2D eigenvalue weighted by atomic mass is 32.2. The SMILES string of the molecule is C[C@@H]1CCCN1C(=O)c1ccc(-c2ccc(S(C)(=O)=O)s2)cc1. The van der Waals surface area contributed by atoms with Crippen LogP contribution in [0, 0.1) is 0 Å². The van der Waals surface area contributed by atoms with Crippen molar-refractivity contribution in [1.82, 2.24) is 4.90 Å². The zero-order valence-corrected chi connectivity index (χ0v) is 14.8. The van der Waals surface area contributed by atoms with E-state index in [0.29, 0.717) is 15.8 Å². The number of likely N-dealkylation sites (tertiary alicyclic amines) is 1. The van der Waals surface area contributed by atoms with Crippen LogP contribution in [0.3, 0.4) is 0 Å². The average Bonchev–Trinajstić information content (AvgIpc) is 3.15. The van der Waals surface area contributed by atoms with E-state index < -0.39 is 9.84 Å². The lowest BCUT2D eigenvalue weighted by molar-refractivity contribution is 0.0747. The summed E-state index contributed by atoms with van der Waals surface area (Å²) in [7, 11) is -3.17. The molecule has 23 heavy (non-hydrogen) atoms. The van der Waals surface area contributed by atoms with Gasteiger partial charge in [0.05, 0.1) is 0 Å². The van der Waals surface area contributed by atoms with E-state index in [4.69, 9.17) is 0 Å². The Hall–Kier alpha value is -1.66. The Morgan fingerprint density at radius 1 is 1.17 bits per heavy atom. The molecule has 3 rings (SSSR count). The van der Waals surface area contributed by atoms with Crippen LogP contribution in [-0.4, -0.2) is 38.1 Å². The lowest BCUT2D eigenvalue weighted by Gasteiger charge is -2.21. The van der Waals surface area contributed by atoms with Crippen molar-refractivity contribution in [3.8, 4) is 10.4 Å². The molecular weight excluding hydrogens is 330 g/mol. The summed E-state index contributed by atoms with van der Waals surface area (Å²) in [6, 6.07) is 11.1. The molecule has 1 aromatic heterocycles. The summed E-state index contributed by atoms with van der Waals surface area (Å²) in [6.07, 6.45) is 3.34. The monoisotopic (exact) mass is 349 g/mol. The summed E-state index contributed by atoms with van der Waals surface area (Å²) < 4.78 is 23.5. The second kappa shape index (κ2) is 6.09. The number of carbonyl (C=O) groups excluding carboxylic acids is 1. The first-order chi connectivity index (χ1) is 10.9. The molecular formula is C17H19NO3S2. The van der Waals surface area contributed by atoms with Gasteiger partial charge in [0.1, 0.15) is 4.21 Å². The van der Waals surface area contributed by atoms with Crippen molar-refractivity contribution in [3.05, 3.63) is 42.0 Å². The lowest BCUT2D eigenvalue weighted by atomic mass is 10.1. The molecule has 0 spiro atoms. The average molecular weight is 349 g/mol. The van der Waals surface area contributed by atoms with Crippen molar-refractivity contribution in [2.45, 2.75) is 30.0 Å². The molecule has 6 heteroatoms. The van der Waals surface area contributed by atoms with E-state index in [1.807, 2.05) is 29.2 Å². The third-order valence-electron chi connectivity index (χ3n) is 4.18. The number of thiophene rings is 1. The Balaban J connectivity index is 1.82. The number of benzene rings is 1. The minimum absolute atomic E-state index is 0.0737. The largest absolute Gasteiger partial charge is 0.336 e. The molecule has 0 aliphatic carbocycles. The maximum absolute atomic E-state index is 12.5. The molecule has 1 aliphatic heterocycles. The van der Waals surface area contributed by atoms with Crippen LogP contribution >= 0.6 is 11.3 Å². The zero-order chi connectivity index (χ0) is 16.6. The van der Waals surface area contributed by atoms with Crippen molar-refractivity contribution >= 4 is 27.1 Å². The summed E-state index contributed by atoms with van der Waals surface area (Å²) >= 11 is 1.25. The van der Waals surface area contributed by atoms with Gasteiger partial charge in [0.2, 0.25) is 0 Å². The second-order valence-electron chi connectivity index (χ2n) is 5.96. The number of rotatable bonds is 3. The van der Waals surface area contributed by atoms with Crippen LogP contribution in [-0.2, 0) is 9.84 Å². The molecule has 1 amide bonds. The Morgan fingerprint density at radius 3 is 2.39 bits per heavy atom. The van der Waals surface area contributed by atoms with Gasteiger partial charge in [-0.2, -0.15) is 0 Å². The topological polar surface area (TPSA) is 54.5 Å². The highest BCUT2D eigenvalue weighted by Crippen LogP contribution is 2.31. The quantitative estimate of drug-likeness (QED) is 0.853. The van der Waals surface area contributed by atoms with Crippen molar-refractivity contribution in [2.75, 3.05) is 12.8 Å². The van der Waals surface area contributed by atoms with Gasteiger partial charge in [0.15, 0.2) is 9.84 Å². The molecule has 0 saturated carbocycles. The highest BCUT2D eigenvalue weighted by molar-refractivity contribution is 7.92. The maximum atomic E-state index is 12.5. The van der Waals surface area contributed by atoms with E-state index in [9.17, 15) is 13.2 Å². The smallest absolute Gasteiger partial charge is 0.254 e. The highest BCUT2D eigenvalue weighted by Gasteiger charge is 2.25. The number of hydrogen-bond donors (Lipinski definition) is 0. The van der Waals surface area contributed by atoms with Crippen LogP contribution in [0.15, 0.2) is 40.6 Å². The van der Waals surface area contributed by atoms with Crippen molar-refractivity contribution in [3.63, 3.8) is 0 Å². The zero-order valence-electron chi connectivity index (χ0n) is 13.2. The minimum Gasteiger partial charge on any atom is -0.336 e. The number of hydrogen-bond acceptors (Lipinski definition) is 4. The number of amides is 1. The van der Waals surface area contributed by atoms with Crippen molar-refractivity contribution in [2.24, 2.45) is 0 Å². The van der Waals surface area contributed by atoms with Crippen LogP contribution in [0.1, 0.15) is 30.1 Å². The summed E-state index contributed by atoms with van der Waals surface area (Å²) in [5, 5.41) is 0. The molecule has 1 atom stereocenters. The minimum atomic E-state index is -3.17. The number of carbonyl (C=O) groups is 1. The van der Waals surface area contributed by atoms with E-state index in [1.54, 1.807) is 12.1 Å². The lowest BCUT2D eigenvalue weighted by Crippen LogP contribution is -2.33. The summed E-state index contributed by atoms with van der Waals surface area (Å²) in [5.41, 5.74) is 1.61. The third kappa shape index (κ3) is 3.33. The molecule has 0 unspecified atom stereocenters. The standard InChI is InChI=1S/C17H19NO3S2/c1-12-4-3-11-18(12)17(19)14-7-5-13(6-8-14)15-9-10-16(22-15)23(2,20)21/h5-10,12H,3-4,11H2,1-2H3/t12-/m1/s1. The fourth-order valence-electron chi connectivity index (χ4n) is 2.85. The number of sulfone groups is 1. The van der Waals surface area contributed by atoms with Gasteiger partial charge >= 0.3 is 0 Å². The maximum Gasteiger partial charge on any atom is 0.254 e. The van der Waals surface area contributed by atoms with Gasteiger partial charge < -0.3 is 4.90 Å². The van der Waals surface area contributed by atoms with Crippen molar-refractivity contribution in [1.29, 1.82) is 0 Å². The van der Waals surface area contributed by atoms with Gasteiger partial charge in [-0.1, -0.05) is 12.1 Å². The predicted molar refractivity (Wildman–Crippen MR) is 92.6 cm³/mol. The first-order valence-electron chi connectivity index (χ1n) is 7.57. The first kappa shape index (κ1) is 16.2. The Labute approximate surface area is 140 Å². The molecule has 2 aromatic rings. The van der Waals surface area contributed by atoms with E-state index >= 15 is 0 Å². The molecule has 4 nitrogen and oxygen atoms in total. The van der Waals surface area contributed by atoms with E-state index in [1.165, 1.54) is 17.6 Å². The molecule has 0 radical (unpaired) electrons. The molecule has 2 heterocycles. The molecule has 1 saturated heterocycles. The molecule has 1 aromatic carbocycles. The fourth-order valence-corrected chi connectivity index (χ4v) is 4.79. The third-order valence-corrected chi connectivity index (χ3v) is 7.13. The van der Waals surface area contributed by atoms with E-state index in [2.05, 4.69) is 6.92 Å². The predicted octanol–water partition coefficient (Wildman–Crippen LogP) is 3.44. The van der Waals surface area contributed by atoms with E-state index in [0.717, 1.165) is 29.8 Å². The van der Waals surface area contributed by atoms with Gasteiger partial charge in [-0.15, -0.1) is 11.3 Å². The van der Waals surface area contributed by atoms with E-state index in [-0.39, 0.29) is 5.91 Å². The fraction of sp³-hybridized carbons (Fsp3) is 0.353. The van der Waals surface area contributed by atoms with Crippen molar-refractivity contribution < 1.29 is 13.2 Å². The molecule has 1 aliphatic rings. The van der Waals surface area contributed by atoms with Gasteiger partial charge in [-0.25, -0.2) is 8.42 Å². The van der Waals surface area contributed by atoms with Crippen LogP contribution in [0.5, 0.6) is 0 Å². The summed E-state index contributed by atoms with van der Waals surface area (Å²) in [4.78, 5) is 15.3. The van der Waals surface area contributed by atoms with Gasteiger partial charge in [0, 0.05) is 29.3 Å². The molecule has 1 fully saturated rings. The molecule has 0 bridgehead atoms.